The highest BCUT2D eigenvalue weighted by Gasteiger charge is 2.73. The van der Waals surface area contributed by atoms with Gasteiger partial charge in [0.2, 0.25) is 0 Å². The molecular formula is C18H25NO4. The molecule has 2 bridgehead atoms. The number of hydrogen-bond acceptors (Lipinski definition) is 4. The van der Waals surface area contributed by atoms with Crippen LogP contribution in [0.3, 0.4) is 0 Å². The van der Waals surface area contributed by atoms with Gasteiger partial charge < -0.3 is 9.47 Å². The van der Waals surface area contributed by atoms with Crippen LogP contribution in [0.2, 0.25) is 0 Å². The lowest BCUT2D eigenvalue weighted by molar-refractivity contribution is -0.194. The van der Waals surface area contributed by atoms with Crippen molar-refractivity contribution >= 4 is 12.1 Å². The Morgan fingerprint density at radius 1 is 1.39 bits per heavy atom. The number of nitrogens with zero attached hydrogens (tertiary/aromatic N) is 1. The zero-order valence-electron chi connectivity index (χ0n) is 14.5. The highest BCUT2D eigenvalue weighted by atomic mass is 16.6. The second-order valence-electron chi connectivity index (χ2n) is 8.97. The van der Waals surface area contributed by atoms with Crippen molar-refractivity contribution in [1.82, 2.24) is 4.90 Å². The molecule has 2 aliphatic heterocycles. The average Bonchev–Trinajstić information content (AvgIpc) is 3.04. The molecule has 5 nitrogen and oxygen atoms in total. The second-order valence-corrected chi connectivity index (χ2v) is 8.97. The van der Waals surface area contributed by atoms with E-state index < -0.39 is 23.3 Å². The predicted octanol–water partition coefficient (Wildman–Crippen LogP) is 2.75. The van der Waals surface area contributed by atoms with Crippen molar-refractivity contribution in [3.63, 3.8) is 0 Å². The molecule has 0 aromatic carbocycles. The third-order valence-corrected chi connectivity index (χ3v) is 6.25. The van der Waals surface area contributed by atoms with Gasteiger partial charge in [-0.1, -0.05) is 12.2 Å². The topological polar surface area (TPSA) is 55.8 Å². The summed E-state index contributed by atoms with van der Waals surface area (Å²) in [6.45, 7) is 10.1. The predicted molar refractivity (Wildman–Crippen MR) is 83.6 cm³/mol. The number of rotatable bonds is 0. The fourth-order valence-electron chi connectivity index (χ4n) is 5.35. The highest BCUT2D eigenvalue weighted by molar-refractivity contribution is 5.85. The molecule has 0 aromatic rings. The molecule has 3 fully saturated rings. The third-order valence-electron chi connectivity index (χ3n) is 6.25. The van der Waals surface area contributed by atoms with Gasteiger partial charge in [0.1, 0.15) is 17.2 Å². The fourth-order valence-corrected chi connectivity index (χ4v) is 5.35. The van der Waals surface area contributed by atoms with E-state index in [1.807, 2.05) is 34.6 Å². The minimum absolute atomic E-state index is 0.141. The van der Waals surface area contributed by atoms with Gasteiger partial charge in [-0.3, -0.25) is 4.90 Å². The molecule has 4 aliphatic rings. The minimum atomic E-state index is -0.568. The number of fused-ring (bicyclic) bond motifs is 2. The van der Waals surface area contributed by atoms with Crippen molar-refractivity contribution in [1.29, 1.82) is 0 Å². The van der Waals surface area contributed by atoms with Gasteiger partial charge in [-0.25, -0.2) is 9.59 Å². The van der Waals surface area contributed by atoms with Gasteiger partial charge in [0, 0.05) is 17.9 Å². The van der Waals surface area contributed by atoms with E-state index >= 15 is 0 Å². The first-order valence-electron chi connectivity index (χ1n) is 8.48. The summed E-state index contributed by atoms with van der Waals surface area (Å²) in [7, 11) is 0. The summed E-state index contributed by atoms with van der Waals surface area (Å²) in [6.07, 6.45) is 5.14. The molecule has 2 heterocycles. The highest BCUT2D eigenvalue weighted by Crippen LogP contribution is 2.67. The van der Waals surface area contributed by atoms with Crippen LogP contribution in [-0.4, -0.2) is 40.8 Å². The van der Waals surface area contributed by atoms with E-state index in [9.17, 15) is 9.59 Å². The van der Waals surface area contributed by atoms with Crippen LogP contribution < -0.4 is 0 Å². The van der Waals surface area contributed by atoms with Crippen molar-refractivity contribution in [2.75, 3.05) is 6.54 Å². The van der Waals surface area contributed by atoms with Crippen LogP contribution in [-0.2, 0) is 14.3 Å². The Balaban J connectivity index is 1.71. The molecule has 23 heavy (non-hydrogen) atoms. The molecule has 0 N–H and O–H groups in total. The van der Waals surface area contributed by atoms with Gasteiger partial charge in [0.25, 0.3) is 0 Å². The molecule has 126 valence electrons. The third kappa shape index (κ3) is 1.79. The normalized spacial score (nSPS) is 42.7. The monoisotopic (exact) mass is 319 g/mol. The van der Waals surface area contributed by atoms with Crippen molar-refractivity contribution in [2.24, 2.45) is 23.2 Å². The maximum Gasteiger partial charge on any atom is 0.411 e. The van der Waals surface area contributed by atoms with Crippen LogP contribution in [0, 0.1) is 23.2 Å². The molecule has 5 atom stereocenters. The molecule has 1 saturated carbocycles. The van der Waals surface area contributed by atoms with Crippen LogP contribution in [0.25, 0.3) is 0 Å². The maximum absolute atomic E-state index is 12.7. The molecular weight excluding hydrogens is 294 g/mol. The lowest BCUT2D eigenvalue weighted by Gasteiger charge is -2.51. The van der Waals surface area contributed by atoms with Crippen LogP contribution in [0.1, 0.15) is 41.0 Å². The van der Waals surface area contributed by atoms with Crippen molar-refractivity contribution in [2.45, 2.75) is 58.3 Å². The van der Waals surface area contributed by atoms with Crippen LogP contribution >= 0.6 is 0 Å². The summed E-state index contributed by atoms with van der Waals surface area (Å²) in [6, 6.07) is -0.502. The Kier molecular flexibility index (Phi) is 2.69. The smallest absolute Gasteiger partial charge is 0.411 e. The molecule has 2 saturated heterocycles. The maximum atomic E-state index is 12.7. The molecule has 1 spiro atoms. The Labute approximate surface area is 137 Å². The van der Waals surface area contributed by atoms with Gasteiger partial charge in [-0.05, 0) is 52.9 Å². The molecule has 5 heteroatoms. The Hall–Kier alpha value is -1.52. The number of ether oxygens (including phenoxy) is 2. The van der Waals surface area contributed by atoms with Crippen molar-refractivity contribution in [3.05, 3.63) is 12.2 Å². The molecule has 0 aromatic heterocycles. The van der Waals surface area contributed by atoms with E-state index in [1.54, 1.807) is 4.90 Å². The average molecular weight is 319 g/mol. The number of allylic oxidation sites excluding steroid dienone is 1. The molecule has 1 amide bonds. The first-order chi connectivity index (χ1) is 10.6. The van der Waals surface area contributed by atoms with Crippen molar-refractivity contribution < 1.29 is 19.1 Å². The summed E-state index contributed by atoms with van der Waals surface area (Å²) >= 11 is 0. The van der Waals surface area contributed by atoms with Crippen LogP contribution in [0.4, 0.5) is 4.79 Å². The van der Waals surface area contributed by atoms with Gasteiger partial charge in [0.05, 0.1) is 0 Å². The van der Waals surface area contributed by atoms with Gasteiger partial charge in [-0.15, -0.1) is 0 Å². The first-order valence-corrected chi connectivity index (χ1v) is 8.48. The SMILES string of the molecule is CC(C)(C)OC(=O)N1C[C@H]2[C@H]3[C@H]1C(=O)OC(C)(C)[C@@]31C=C[C@@H]2C1. The summed E-state index contributed by atoms with van der Waals surface area (Å²) < 4.78 is 11.3. The number of likely N-dealkylation sites (tertiary alicyclic amines) is 1. The van der Waals surface area contributed by atoms with Gasteiger partial charge in [0.15, 0.2) is 0 Å². The van der Waals surface area contributed by atoms with E-state index in [1.165, 1.54) is 0 Å². The van der Waals surface area contributed by atoms with Crippen LogP contribution in [0.15, 0.2) is 12.2 Å². The zero-order chi connectivity index (χ0) is 16.8. The number of amides is 1. The summed E-state index contributed by atoms with van der Waals surface area (Å²) in [5.41, 5.74) is -1.23. The van der Waals surface area contributed by atoms with E-state index in [2.05, 4.69) is 12.2 Å². The second kappa shape index (κ2) is 4.11. The lowest BCUT2D eigenvalue weighted by Crippen LogP contribution is -2.61. The Morgan fingerprint density at radius 3 is 2.74 bits per heavy atom. The van der Waals surface area contributed by atoms with E-state index in [0.717, 1.165) is 6.42 Å². The summed E-state index contributed by atoms with van der Waals surface area (Å²) in [5, 5.41) is 0. The summed E-state index contributed by atoms with van der Waals surface area (Å²) in [4.78, 5) is 26.9. The van der Waals surface area contributed by atoms with E-state index in [4.69, 9.17) is 9.47 Å². The zero-order valence-corrected chi connectivity index (χ0v) is 14.5. The van der Waals surface area contributed by atoms with Gasteiger partial charge in [-0.2, -0.15) is 0 Å². The fraction of sp³-hybridized carbons (Fsp3) is 0.778. The Morgan fingerprint density at radius 2 is 2.09 bits per heavy atom. The molecule has 4 rings (SSSR count). The van der Waals surface area contributed by atoms with Crippen LogP contribution in [0.5, 0.6) is 0 Å². The Bertz CT molecular complexity index is 617. The lowest BCUT2D eigenvalue weighted by atomic mass is 9.62. The number of carbonyl (C=O) groups excluding carboxylic acids is 2. The quantitative estimate of drug-likeness (QED) is 0.509. The van der Waals surface area contributed by atoms with Crippen molar-refractivity contribution in [3.8, 4) is 0 Å². The molecule has 0 radical (unpaired) electrons. The molecule has 0 unspecified atom stereocenters. The minimum Gasteiger partial charge on any atom is -0.457 e. The van der Waals surface area contributed by atoms with E-state index in [-0.39, 0.29) is 17.3 Å². The number of cyclic esters (lactones) is 1. The number of hydrogen-bond donors (Lipinski definition) is 0. The first kappa shape index (κ1) is 15.0. The largest absolute Gasteiger partial charge is 0.457 e. The van der Waals surface area contributed by atoms with Gasteiger partial charge >= 0.3 is 12.1 Å². The standard InChI is InChI=1S/C18H25NO4/c1-16(2,3)23-15(21)19-9-11-10-6-7-18(8-10)12(11)13(19)14(20)22-17(18,4)5/h6-7,10-13H,8-9H2,1-5H3/t10-,11-,12+,13+,18-/m1/s1. The number of esters is 1. The van der Waals surface area contributed by atoms with E-state index in [0.29, 0.717) is 18.4 Å². The molecule has 2 aliphatic carbocycles. The number of carbonyl (C=O) groups is 2. The summed E-state index contributed by atoms with van der Waals surface area (Å²) in [5.74, 6) is 0.648.